The topological polar surface area (TPSA) is 46.1 Å². The molecule has 2 N–H and O–H groups in total. The number of piperazine rings is 1. The van der Waals surface area contributed by atoms with Gasteiger partial charge in [0.15, 0.2) is 5.96 Å². The van der Waals surface area contributed by atoms with Crippen LogP contribution in [0.15, 0.2) is 35.3 Å². The van der Waals surface area contributed by atoms with Gasteiger partial charge >= 0.3 is 0 Å². The molecule has 1 aliphatic heterocycles. The van der Waals surface area contributed by atoms with Gasteiger partial charge in [-0.15, -0.1) is 24.0 Å². The highest BCUT2D eigenvalue weighted by atomic mass is 127. The summed E-state index contributed by atoms with van der Waals surface area (Å²) in [6.07, 6.45) is 1.08. The largest absolute Gasteiger partial charge is 0.356 e. The van der Waals surface area contributed by atoms with Crippen LogP contribution >= 0.6 is 24.0 Å². The average Bonchev–Trinajstić information content (AvgIpc) is 2.71. The zero-order valence-corrected chi connectivity index (χ0v) is 21.2. The third-order valence-electron chi connectivity index (χ3n) is 5.83. The standard InChI is InChI=1S/C22H40N6.HI/c1-19(27(5)18-21-9-7-6-8-10-21)11-12-24-22(23-3)25-17-20(2)28-15-13-26(4)14-16-28;/h6-10,19-20H,11-18H2,1-5H3,(H2,23,24,25);1H. The molecule has 7 heteroatoms. The van der Waals surface area contributed by atoms with Gasteiger partial charge in [0.2, 0.25) is 0 Å². The molecule has 29 heavy (non-hydrogen) atoms. The van der Waals surface area contributed by atoms with Crippen molar-refractivity contribution in [1.29, 1.82) is 0 Å². The van der Waals surface area contributed by atoms with E-state index in [4.69, 9.17) is 0 Å². The number of guanidine groups is 1. The van der Waals surface area contributed by atoms with E-state index in [-0.39, 0.29) is 24.0 Å². The summed E-state index contributed by atoms with van der Waals surface area (Å²) in [7, 11) is 6.24. The van der Waals surface area contributed by atoms with Gasteiger partial charge in [0, 0.05) is 64.9 Å². The fourth-order valence-corrected chi connectivity index (χ4v) is 3.50. The van der Waals surface area contributed by atoms with Crippen LogP contribution in [0.1, 0.15) is 25.8 Å². The van der Waals surface area contributed by atoms with Crippen molar-refractivity contribution in [3.05, 3.63) is 35.9 Å². The molecule has 6 nitrogen and oxygen atoms in total. The van der Waals surface area contributed by atoms with E-state index < -0.39 is 0 Å². The minimum absolute atomic E-state index is 0. The second kappa shape index (κ2) is 14.2. The summed E-state index contributed by atoms with van der Waals surface area (Å²) in [6, 6.07) is 11.7. The van der Waals surface area contributed by atoms with Gasteiger partial charge in [-0.1, -0.05) is 30.3 Å². The van der Waals surface area contributed by atoms with Crippen molar-refractivity contribution < 1.29 is 0 Å². The van der Waals surface area contributed by atoms with Crippen molar-refractivity contribution in [1.82, 2.24) is 25.3 Å². The Labute approximate surface area is 195 Å². The molecular formula is C22H41IN6. The summed E-state index contributed by atoms with van der Waals surface area (Å²) in [5.74, 6) is 0.902. The molecule has 1 fully saturated rings. The van der Waals surface area contributed by atoms with Crippen molar-refractivity contribution in [2.75, 3.05) is 60.4 Å². The first-order chi connectivity index (χ1) is 13.5. The third-order valence-corrected chi connectivity index (χ3v) is 5.83. The molecule has 0 spiro atoms. The first-order valence-corrected chi connectivity index (χ1v) is 10.6. The number of benzene rings is 1. The molecule has 0 radical (unpaired) electrons. The SMILES string of the molecule is CN=C(NCCC(C)N(C)Cc1ccccc1)NCC(C)N1CCN(C)CC1.I. The number of likely N-dealkylation sites (N-methyl/N-ethyl adjacent to an activating group) is 1. The Morgan fingerprint density at radius 1 is 1.10 bits per heavy atom. The smallest absolute Gasteiger partial charge is 0.191 e. The molecule has 1 aromatic carbocycles. The number of halogens is 1. The van der Waals surface area contributed by atoms with E-state index in [1.54, 1.807) is 0 Å². The van der Waals surface area contributed by atoms with Crippen LogP contribution < -0.4 is 10.6 Å². The van der Waals surface area contributed by atoms with Gasteiger partial charge in [-0.25, -0.2) is 0 Å². The Morgan fingerprint density at radius 3 is 2.38 bits per heavy atom. The molecule has 0 amide bonds. The van der Waals surface area contributed by atoms with Crippen molar-refractivity contribution >= 4 is 29.9 Å². The lowest BCUT2D eigenvalue weighted by molar-refractivity contribution is 0.120. The van der Waals surface area contributed by atoms with E-state index in [1.165, 1.54) is 5.56 Å². The summed E-state index contributed by atoms with van der Waals surface area (Å²) < 4.78 is 0. The van der Waals surface area contributed by atoms with Crippen LogP contribution in [-0.4, -0.2) is 93.2 Å². The van der Waals surface area contributed by atoms with Crippen LogP contribution in [0.5, 0.6) is 0 Å². The Bertz CT molecular complexity index is 574. The summed E-state index contributed by atoms with van der Waals surface area (Å²) in [5, 5.41) is 6.96. The van der Waals surface area contributed by atoms with E-state index in [2.05, 4.69) is 88.6 Å². The first-order valence-electron chi connectivity index (χ1n) is 10.6. The zero-order valence-electron chi connectivity index (χ0n) is 18.9. The van der Waals surface area contributed by atoms with Gasteiger partial charge in [0.1, 0.15) is 0 Å². The van der Waals surface area contributed by atoms with E-state index in [0.29, 0.717) is 12.1 Å². The Hall–Kier alpha value is -0.900. The molecule has 1 heterocycles. The summed E-state index contributed by atoms with van der Waals surface area (Å²) >= 11 is 0. The predicted octanol–water partition coefficient (Wildman–Crippen LogP) is 2.32. The van der Waals surface area contributed by atoms with Crippen LogP contribution in [0.25, 0.3) is 0 Å². The Morgan fingerprint density at radius 2 is 1.76 bits per heavy atom. The molecule has 0 aromatic heterocycles. The quantitative estimate of drug-likeness (QED) is 0.300. The molecule has 2 rings (SSSR count). The van der Waals surface area contributed by atoms with Crippen molar-refractivity contribution in [3.8, 4) is 0 Å². The number of rotatable bonds is 9. The van der Waals surface area contributed by atoms with Crippen molar-refractivity contribution in [2.45, 2.75) is 38.9 Å². The van der Waals surface area contributed by atoms with Gasteiger partial charge in [-0.3, -0.25) is 14.8 Å². The van der Waals surface area contributed by atoms with Crippen LogP contribution in [0.3, 0.4) is 0 Å². The number of nitrogens with zero attached hydrogens (tertiary/aromatic N) is 4. The van der Waals surface area contributed by atoms with Crippen molar-refractivity contribution in [3.63, 3.8) is 0 Å². The highest BCUT2D eigenvalue weighted by molar-refractivity contribution is 14.0. The molecule has 0 saturated carbocycles. The van der Waals surface area contributed by atoms with Crippen LogP contribution in [0.4, 0.5) is 0 Å². The minimum atomic E-state index is 0. The lowest BCUT2D eigenvalue weighted by atomic mass is 10.1. The van der Waals surface area contributed by atoms with E-state index in [9.17, 15) is 0 Å². The number of nitrogens with one attached hydrogen (secondary N) is 2. The first kappa shape index (κ1) is 26.1. The fraction of sp³-hybridized carbons (Fsp3) is 0.682. The zero-order chi connectivity index (χ0) is 20.4. The van der Waals surface area contributed by atoms with Gasteiger partial charge in [0.05, 0.1) is 0 Å². The monoisotopic (exact) mass is 516 g/mol. The Kier molecular flexibility index (Phi) is 12.8. The molecule has 0 bridgehead atoms. The molecular weight excluding hydrogens is 475 g/mol. The predicted molar refractivity (Wildman–Crippen MR) is 135 cm³/mol. The molecule has 0 aliphatic carbocycles. The summed E-state index contributed by atoms with van der Waals surface area (Å²) in [4.78, 5) is 11.7. The number of hydrogen-bond acceptors (Lipinski definition) is 4. The maximum Gasteiger partial charge on any atom is 0.191 e. The molecule has 166 valence electrons. The highest BCUT2D eigenvalue weighted by Crippen LogP contribution is 2.08. The maximum absolute atomic E-state index is 4.38. The van der Waals surface area contributed by atoms with Gasteiger partial charge in [-0.2, -0.15) is 0 Å². The normalized spacial score (nSPS) is 18.2. The fourth-order valence-electron chi connectivity index (χ4n) is 3.50. The van der Waals surface area contributed by atoms with Gasteiger partial charge < -0.3 is 15.5 Å². The second-order valence-electron chi connectivity index (χ2n) is 8.11. The Balaban J connectivity index is 0.00000420. The minimum Gasteiger partial charge on any atom is -0.356 e. The van der Waals surface area contributed by atoms with Crippen LogP contribution in [-0.2, 0) is 6.54 Å². The van der Waals surface area contributed by atoms with E-state index in [1.807, 2.05) is 7.05 Å². The maximum atomic E-state index is 4.38. The molecule has 1 aliphatic rings. The second-order valence-corrected chi connectivity index (χ2v) is 8.11. The average molecular weight is 517 g/mol. The number of hydrogen-bond donors (Lipinski definition) is 2. The molecule has 2 unspecified atom stereocenters. The highest BCUT2D eigenvalue weighted by Gasteiger charge is 2.19. The lowest BCUT2D eigenvalue weighted by Gasteiger charge is -2.36. The van der Waals surface area contributed by atoms with Gasteiger partial charge in [0.25, 0.3) is 0 Å². The van der Waals surface area contributed by atoms with Crippen LogP contribution in [0.2, 0.25) is 0 Å². The summed E-state index contributed by atoms with van der Waals surface area (Å²) in [6.45, 7) is 12.0. The third kappa shape index (κ3) is 9.63. The van der Waals surface area contributed by atoms with Crippen molar-refractivity contribution in [2.24, 2.45) is 4.99 Å². The number of aliphatic imine (C=N–C) groups is 1. The van der Waals surface area contributed by atoms with Gasteiger partial charge in [-0.05, 0) is 39.9 Å². The van der Waals surface area contributed by atoms with E-state index in [0.717, 1.165) is 58.2 Å². The molecule has 1 aromatic rings. The molecule has 1 saturated heterocycles. The summed E-state index contributed by atoms with van der Waals surface area (Å²) in [5.41, 5.74) is 1.36. The van der Waals surface area contributed by atoms with Crippen LogP contribution in [0, 0.1) is 0 Å². The lowest BCUT2D eigenvalue weighted by Crippen LogP contribution is -2.52. The molecule has 2 atom stereocenters. The van der Waals surface area contributed by atoms with E-state index >= 15 is 0 Å².